The van der Waals surface area contributed by atoms with Crippen molar-refractivity contribution >= 4 is 11.6 Å². The van der Waals surface area contributed by atoms with Crippen LogP contribution >= 0.6 is 0 Å². The summed E-state index contributed by atoms with van der Waals surface area (Å²) in [5.41, 5.74) is 8.99. The summed E-state index contributed by atoms with van der Waals surface area (Å²) >= 11 is 0. The summed E-state index contributed by atoms with van der Waals surface area (Å²) < 4.78 is 0. The number of phenols is 1. The predicted octanol–water partition coefficient (Wildman–Crippen LogP) is 2.26. The molecule has 0 spiro atoms. The number of phenolic OH excluding ortho intramolecular Hbond substituents is 1. The molecule has 1 amide bonds. The van der Waals surface area contributed by atoms with Gasteiger partial charge in [0.25, 0.3) is 5.91 Å². The Morgan fingerprint density at radius 2 is 1.90 bits per heavy atom. The van der Waals surface area contributed by atoms with Crippen LogP contribution in [-0.2, 0) is 6.42 Å². The van der Waals surface area contributed by atoms with Gasteiger partial charge in [0.05, 0.1) is 0 Å². The van der Waals surface area contributed by atoms with Crippen LogP contribution in [0.5, 0.6) is 5.75 Å². The van der Waals surface area contributed by atoms with Crippen molar-refractivity contribution in [2.45, 2.75) is 13.3 Å². The zero-order valence-electron chi connectivity index (χ0n) is 11.4. The number of nitrogens with two attached hydrogens (primary N) is 1. The first-order valence-electron chi connectivity index (χ1n) is 6.48. The van der Waals surface area contributed by atoms with Gasteiger partial charge in [-0.2, -0.15) is 0 Å². The monoisotopic (exact) mass is 270 g/mol. The van der Waals surface area contributed by atoms with E-state index in [9.17, 15) is 9.90 Å². The van der Waals surface area contributed by atoms with Gasteiger partial charge in [-0.05, 0) is 54.8 Å². The molecule has 0 heterocycles. The van der Waals surface area contributed by atoms with E-state index in [-0.39, 0.29) is 11.7 Å². The number of anilines is 1. The fraction of sp³-hybridized carbons (Fsp3) is 0.188. The number of nitrogen functional groups attached to an aromatic ring is 1. The average molecular weight is 270 g/mol. The fourth-order valence-electron chi connectivity index (χ4n) is 1.90. The maximum Gasteiger partial charge on any atom is 0.251 e. The first kappa shape index (κ1) is 13.9. The molecule has 0 aliphatic carbocycles. The lowest BCUT2D eigenvalue weighted by molar-refractivity contribution is 0.0954. The van der Waals surface area contributed by atoms with Gasteiger partial charge in [0.2, 0.25) is 0 Å². The third-order valence-electron chi connectivity index (χ3n) is 3.17. The van der Waals surface area contributed by atoms with Crippen LogP contribution < -0.4 is 11.1 Å². The number of amides is 1. The molecule has 0 aliphatic heterocycles. The summed E-state index contributed by atoms with van der Waals surface area (Å²) in [6.45, 7) is 2.43. The maximum absolute atomic E-state index is 12.0. The van der Waals surface area contributed by atoms with Crippen molar-refractivity contribution in [3.05, 3.63) is 59.2 Å². The standard InChI is InChI=1S/C16H18N2O2/c1-11-10-13(4-7-15(11)17)16(20)18-9-8-12-2-5-14(19)6-3-12/h2-7,10,19H,8-9,17H2,1H3,(H,18,20). The van der Waals surface area contributed by atoms with Crippen LogP contribution in [0.1, 0.15) is 21.5 Å². The topological polar surface area (TPSA) is 75.3 Å². The minimum atomic E-state index is -0.105. The molecule has 104 valence electrons. The number of nitrogens with one attached hydrogen (secondary N) is 1. The van der Waals surface area contributed by atoms with Crippen LogP contribution in [0.25, 0.3) is 0 Å². The summed E-state index contributed by atoms with van der Waals surface area (Å²) in [6, 6.07) is 12.2. The average Bonchev–Trinajstić information content (AvgIpc) is 2.44. The van der Waals surface area contributed by atoms with E-state index in [2.05, 4.69) is 5.32 Å². The molecule has 2 rings (SSSR count). The summed E-state index contributed by atoms with van der Waals surface area (Å²) in [7, 11) is 0. The molecular formula is C16H18N2O2. The van der Waals surface area contributed by atoms with Gasteiger partial charge in [0.1, 0.15) is 5.75 Å². The van der Waals surface area contributed by atoms with Crippen molar-refractivity contribution < 1.29 is 9.90 Å². The molecule has 0 atom stereocenters. The van der Waals surface area contributed by atoms with Crippen LogP contribution in [-0.4, -0.2) is 17.6 Å². The quantitative estimate of drug-likeness (QED) is 0.746. The van der Waals surface area contributed by atoms with Crippen molar-refractivity contribution in [1.82, 2.24) is 5.32 Å². The molecule has 0 bridgehead atoms. The molecule has 0 aromatic heterocycles. The number of hydrogen-bond acceptors (Lipinski definition) is 3. The third-order valence-corrected chi connectivity index (χ3v) is 3.17. The van der Waals surface area contributed by atoms with Crippen molar-refractivity contribution in [1.29, 1.82) is 0 Å². The molecule has 20 heavy (non-hydrogen) atoms. The van der Waals surface area contributed by atoms with E-state index < -0.39 is 0 Å². The van der Waals surface area contributed by atoms with E-state index in [0.29, 0.717) is 17.8 Å². The lowest BCUT2D eigenvalue weighted by Crippen LogP contribution is -2.25. The number of carbonyl (C=O) groups is 1. The van der Waals surface area contributed by atoms with Gasteiger partial charge in [0, 0.05) is 17.8 Å². The molecule has 4 heteroatoms. The number of benzene rings is 2. The Morgan fingerprint density at radius 1 is 1.20 bits per heavy atom. The zero-order chi connectivity index (χ0) is 14.5. The van der Waals surface area contributed by atoms with Crippen LogP contribution in [0.3, 0.4) is 0 Å². The number of aromatic hydroxyl groups is 1. The molecule has 0 aliphatic rings. The lowest BCUT2D eigenvalue weighted by atomic mass is 10.1. The number of rotatable bonds is 4. The molecule has 0 saturated carbocycles. The minimum absolute atomic E-state index is 0.105. The van der Waals surface area contributed by atoms with Gasteiger partial charge in [-0.3, -0.25) is 4.79 Å². The molecular weight excluding hydrogens is 252 g/mol. The van der Waals surface area contributed by atoms with Crippen LogP contribution in [0, 0.1) is 6.92 Å². The van der Waals surface area contributed by atoms with E-state index in [4.69, 9.17) is 5.73 Å². The second kappa shape index (κ2) is 6.10. The Bertz CT molecular complexity index is 606. The molecule has 0 unspecified atom stereocenters. The zero-order valence-corrected chi connectivity index (χ0v) is 11.4. The van der Waals surface area contributed by atoms with Crippen LogP contribution in [0.4, 0.5) is 5.69 Å². The third kappa shape index (κ3) is 3.51. The lowest BCUT2D eigenvalue weighted by Gasteiger charge is -2.07. The molecule has 2 aromatic carbocycles. The second-order valence-corrected chi connectivity index (χ2v) is 4.74. The summed E-state index contributed by atoms with van der Waals surface area (Å²) in [5, 5.41) is 12.1. The van der Waals surface area contributed by atoms with Crippen LogP contribution in [0.15, 0.2) is 42.5 Å². The molecule has 0 saturated heterocycles. The highest BCUT2D eigenvalue weighted by Gasteiger charge is 2.06. The molecule has 0 fully saturated rings. The molecule has 0 radical (unpaired) electrons. The Kier molecular flexibility index (Phi) is 4.25. The van der Waals surface area contributed by atoms with Gasteiger partial charge in [0.15, 0.2) is 0 Å². The summed E-state index contributed by atoms with van der Waals surface area (Å²) in [6.07, 6.45) is 0.722. The normalized spacial score (nSPS) is 10.2. The van der Waals surface area contributed by atoms with E-state index in [1.807, 2.05) is 19.1 Å². The molecule has 2 aromatic rings. The minimum Gasteiger partial charge on any atom is -0.508 e. The Labute approximate surface area is 118 Å². The largest absolute Gasteiger partial charge is 0.508 e. The Balaban J connectivity index is 1.88. The Hall–Kier alpha value is -2.49. The maximum atomic E-state index is 12.0. The van der Waals surface area contributed by atoms with Crippen molar-refractivity contribution in [2.24, 2.45) is 0 Å². The first-order valence-corrected chi connectivity index (χ1v) is 6.48. The van der Waals surface area contributed by atoms with E-state index in [1.165, 1.54) is 0 Å². The highest BCUT2D eigenvalue weighted by Crippen LogP contribution is 2.13. The molecule has 4 N–H and O–H groups in total. The van der Waals surface area contributed by atoms with Crippen molar-refractivity contribution in [2.75, 3.05) is 12.3 Å². The second-order valence-electron chi connectivity index (χ2n) is 4.74. The van der Waals surface area contributed by atoms with Crippen molar-refractivity contribution in [3.63, 3.8) is 0 Å². The highest BCUT2D eigenvalue weighted by molar-refractivity contribution is 5.94. The van der Waals surface area contributed by atoms with E-state index in [1.54, 1.807) is 30.3 Å². The number of carbonyl (C=O) groups excluding carboxylic acids is 1. The summed E-state index contributed by atoms with van der Waals surface area (Å²) in [5.74, 6) is 0.141. The number of hydrogen-bond donors (Lipinski definition) is 3. The smallest absolute Gasteiger partial charge is 0.251 e. The predicted molar refractivity (Wildman–Crippen MR) is 79.7 cm³/mol. The van der Waals surface area contributed by atoms with E-state index in [0.717, 1.165) is 17.5 Å². The van der Waals surface area contributed by atoms with Gasteiger partial charge >= 0.3 is 0 Å². The van der Waals surface area contributed by atoms with Gasteiger partial charge in [-0.1, -0.05) is 12.1 Å². The fourth-order valence-corrected chi connectivity index (χ4v) is 1.90. The van der Waals surface area contributed by atoms with Crippen LogP contribution in [0.2, 0.25) is 0 Å². The van der Waals surface area contributed by atoms with Gasteiger partial charge in [-0.15, -0.1) is 0 Å². The first-order chi connectivity index (χ1) is 9.56. The van der Waals surface area contributed by atoms with Gasteiger partial charge < -0.3 is 16.2 Å². The summed E-state index contributed by atoms with van der Waals surface area (Å²) in [4.78, 5) is 12.0. The van der Waals surface area contributed by atoms with Crippen molar-refractivity contribution in [3.8, 4) is 5.75 Å². The van der Waals surface area contributed by atoms with Gasteiger partial charge in [-0.25, -0.2) is 0 Å². The SMILES string of the molecule is Cc1cc(C(=O)NCCc2ccc(O)cc2)ccc1N. The highest BCUT2D eigenvalue weighted by atomic mass is 16.3. The molecule has 4 nitrogen and oxygen atoms in total. The Morgan fingerprint density at radius 3 is 2.55 bits per heavy atom. The van der Waals surface area contributed by atoms with E-state index >= 15 is 0 Å². The number of aryl methyl sites for hydroxylation is 1.